The Hall–Kier alpha value is -0.890. The van der Waals surface area contributed by atoms with Crippen molar-refractivity contribution in [1.82, 2.24) is 4.98 Å². The van der Waals surface area contributed by atoms with Crippen LogP contribution in [0.25, 0.3) is 0 Å². The van der Waals surface area contributed by atoms with Crippen LogP contribution in [-0.2, 0) is 6.42 Å². The summed E-state index contributed by atoms with van der Waals surface area (Å²) in [4.78, 5) is 4.45. The Kier molecular flexibility index (Phi) is 4.55. The number of hydrogen-bond acceptors (Lipinski definition) is 2. The highest BCUT2D eigenvalue weighted by Gasteiger charge is 2.17. The molecule has 94 valence electrons. The first kappa shape index (κ1) is 12.6. The van der Waals surface area contributed by atoms with Crippen molar-refractivity contribution in [3.63, 3.8) is 0 Å². The predicted octanol–water partition coefficient (Wildman–Crippen LogP) is 3.26. The Morgan fingerprint density at radius 2 is 2.06 bits per heavy atom. The second kappa shape index (κ2) is 6.15. The number of nitrogens with zero attached hydrogens (tertiary/aromatic N) is 1. The largest absolute Gasteiger partial charge is 0.393 e. The van der Waals surface area contributed by atoms with E-state index in [1.165, 1.54) is 32.1 Å². The summed E-state index contributed by atoms with van der Waals surface area (Å²) >= 11 is 0. The van der Waals surface area contributed by atoms with E-state index in [1.54, 1.807) is 0 Å². The van der Waals surface area contributed by atoms with Crippen LogP contribution in [0.3, 0.4) is 0 Å². The van der Waals surface area contributed by atoms with Crippen molar-refractivity contribution in [3.8, 4) is 0 Å². The number of aromatic nitrogens is 1. The maximum Gasteiger partial charge on any atom is 0.0598 e. The van der Waals surface area contributed by atoms with Crippen LogP contribution in [-0.4, -0.2) is 16.2 Å². The van der Waals surface area contributed by atoms with Crippen molar-refractivity contribution >= 4 is 0 Å². The molecule has 1 saturated carbocycles. The maximum absolute atomic E-state index is 10.1. The van der Waals surface area contributed by atoms with Gasteiger partial charge in [0.25, 0.3) is 0 Å². The summed E-state index contributed by atoms with van der Waals surface area (Å²) in [7, 11) is 0. The van der Waals surface area contributed by atoms with E-state index in [0.29, 0.717) is 6.42 Å². The van der Waals surface area contributed by atoms with Gasteiger partial charge in [0.15, 0.2) is 0 Å². The molecular formula is C15H23NO. The van der Waals surface area contributed by atoms with Crippen LogP contribution in [0.2, 0.25) is 0 Å². The first-order chi connectivity index (χ1) is 8.24. The first-order valence-corrected chi connectivity index (χ1v) is 6.84. The molecule has 2 nitrogen and oxygen atoms in total. The third-order valence-corrected chi connectivity index (χ3v) is 3.72. The molecule has 1 aliphatic carbocycles. The number of aliphatic hydroxyl groups excluding tert-OH is 1. The smallest absolute Gasteiger partial charge is 0.0598 e. The zero-order valence-electron chi connectivity index (χ0n) is 10.7. The van der Waals surface area contributed by atoms with Crippen molar-refractivity contribution in [2.75, 3.05) is 0 Å². The molecule has 0 aliphatic heterocycles. The Morgan fingerprint density at radius 1 is 1.29 bits per heavy atom. The number of aliphatic hydroxyl groups is 1. The van der Waals surface area contributed by atoms with Crippen LogP contribution in [0.4, 0.5) is 0 Å². The molecule has 0 radical (unpaired) electrons. The first-order valence-electron chi connectivity index (χ1n) is 6.84. The minimum Gasteiger partial charge on any atom is -0.393 e. The second-order valence-corrected chi connectivity index (χ2v) is 5.37. The molecule has 0 bridgehead atoms. The topological polar surface area (TPSA) is 33.1 Å². The van der Waals surface area contributed by atoms with E-state index in [-0.39, 0.29) is 6.10 Å². The molecule has 1 fully saturated rings. The number of rotatable bonds is 4. The third kappa shape index (κ3) is 4.12. The highest BCUT2D eigenvalue weighted by atomic mass is 16.3. The lowest BCUT2D eigenvalue weighted by molar-refractivity contribution is 0.129. The highest BCUT2D eigenvalue weighted by Crippen LogP contribution is 2.27. The van der Waals surface area contributed by atoms with Crippen molar-refractivity contribution in [2.45, 2.75) is 58.0 Å². The van der Waals surface area contributed by atoms with E-state index in [4.69, 9.17) is 0 Å². The van der Waals surface area contributed by atoms with Gasteiger partial charge in [-0.05, 0) is 31.4 Å². The molecule has 1 aromatic heterocycles. The van der Waals surface area contributed by atoms with Crippen molar-refractivity contribution in [3.05, 3.63) is 29.6 Å². The monoisotopic (exact) mass is 233 g/mol. The maximum atomic E-state index is 10.1. The summed E-state index contributed by atoms with van der Waals surface area (Å²) in [6, 6.07) is 6.03. The van der Waals surface area contributed by atoms with Gasteiger partial charge in [-0.1, -0.05) is 38.2 Å². The van der Waals surface area contributed by atoms with Crippen LogP contribution < -0.4 is 0 Å². The number of hydrogen-bond donors (Lipinski definition) is 1. The predicted molar refractivity (Wildman–Crippen MR) is 69.9 cm³/mol. The van der Waals surface area contributed by atoms with E-state index in [1.807, 2.05) is 25.1 Å². The summed E-state index contributed by atoms with van der Waals surface area (Å²) in [6.07, 6.45) is 8.13. The van der Waals surface area contributed by atoms with Gasteiger partial charge in [-0.25, -0.2) is 0 Å². The molecule has 0 aromatic carbocycles. The minimum absolute atomic E-state index is 0.215. The third-order valence-electron chi connectivity index (χ3n) is 3.72. The molecule has 0 saturated heterocycles. The van der Waals surface area contributed by atoms with Gasteiger partial charge in [-0.3, -0.25) is 4.98 Å². The molecule has 2 heteroatoms. The Bertz CT molecular complexity index is 345. The van der Waals surface area contributed by atoms with Gasteiger partial charge in [0.05, 0.1) is 6.10 Å². The molecule has 2 rings (SSSR count). The zero-order valence-corrected chi connectivity index (χ0v) is 10.7. The lowest BCUT2D eigenvalue weighted by atomic mass is 9.85. The summed E-state index contributed by atoms with van der Waals surface area (Å²) in [5, 5.41) is 10.1. The summed E-state index contributed by atoms with van der Waals surface area (Å²) in [6.45, 7) is 2.00. The quantitative estimate of drug-likeness (QED) is 0.866. The van der Waals surface area contributed by atoms with Gasteiger partial charge in [0.1, 0.15) is 0 Å². The number of pyridine rings is 1. The molecule has 1 aliphatic rings. The van der Waals surface area contributed by atoms with Gasteiger partial charge in [-0.15, -0.1) is 0 Å². The molecule has 1 N–H and O–H groups in total. The zero-order chi connectivity index (χ0) is 12.1. The minimum atomic E-state index is -0.215. The molecule has 1 unspecified atom stereocenters. The van der Waals surface area contributed by atoms with E-state index < -0.39 is 0 Å². The summed E-state index contributed by atoms with van der Waals surface area (Å²) < 4.78 is 0. The Balaban J connectivity index is 1.82. The van der Waals surface area contributed by atoms with E-state index >= 15 is 0 Å². The van der Waals surface area contributed by atoms with Gasteiger partial charge in [-0.2, -0.15) is 0 Å². The Labute approximate surface area is 104 Å². The van der Waals surface area contributed by atoms with Gasteiger partial charge < -0.3 is 5.11 Å². The lowest BCUT2D eigenvalue weighted by Gasteiger charge is -2.23. The molecule has 17 heavy (non-hydrogen) atoms. The standard InChI is InChI=1S/C15H23NO/c1-12-6-5-9-14(16-12)11-15(17)10-13-7-3-2-4-8-13/h5-6,9,13,15,17H,2-4,7-8,10-11H2,1H3. The van der Waals surface area contributed by atoms with Crippen molar-refractivity contribution in [2.24, 2.45) is 5.92 Å². The SMILES string of the molecule is Cc1cccc(CC(O)CC2CCCCC2)n1. The van der Waals surface area contributed by atoms with E-state index in [2.05, 4.69) is 4.98 Å². The summed E-state index contributed by atoms with van der Waals surface area (Å²) in [5.41, 5.74) is 2.06. The van der Waals surface area contributed by atoms with Crippen LogP contribution in [0.1, 0.15) is 49.9 Å². The van der Waals surface area contributed by atoms with Crippen molar-refractivity contribution < 1.29 is 5.11 Å². The molecule has 1 atom stereocenters. The molecule has 1 heterocycles. The Morgan fingerprint density at radius 3 is 2.76 bits per heavy atom. The fourth-order valence-corrected chi connectivity index (χ4v) is 2.85. The molecule has 1 aromatic rings. The van der Waals surface area contributed by atoms with Crippen LogP contribution in [0.5, 0.6) is 0 Å². The van der Waals surface area contributed by atoms with Crippen LogP contribution in [0.15, 0.2) is 18.2 Å². The average molecular weight is 233 g/mol. The molecule has 0 amide bonds. The molecular weight excluding hydrogens is 210 g/mol. The van der Waals surface area contributed by atoms with E-state index in [0.717, 1.165) is 23.7 Å². The van der Waals surface area contributed by atoms with Gasteiger partial charge in [0.2, 0.25) is 0 Å². The van der Waals surface area contributed by atoms with Gasteiger partial charge >= 0.3 is 0 Å². The normalized spacial score (nSPS) is 19.2. The van der Waals surface area contributed by atoms with Crippen LogP contribution >= 0.6 is 0 Å². The van der Waals surface area contributed by atoms with E-state index in [9.17, 15) is 5.11 Å². The highest BCUT2D eigenvalue weighted by molar-refractivity contribution is 5.10. The van der Waals surface area contributed by atoms with Gasteiger partial charge in [0, 0.05) is 17.8 Å². The summed E-state index contributed by atoms with van der Waals surface area (Å²) in [5.74, 6) is 0.739. The fourth-order valence-electron chi connectivity index (χ4n) is 2.85. The number of aryl methyl sites for hydroxylation is 1. The average Bonchev–Trinajstić information content (AvgIpc) is 2.30. The fraction of sp³-hybridized carbons (Fsp3) is 0.667. The van der Waals surface area contributed by atoms with Crippen LogP contribution in [0, 0.1) is 12.8 Å². The molecule has 0 spiro atoms. The second-order valence-electron chi connectivity index (χ2n) is 5.37. The van der Waals surface area contributed by atoms with Crippen molar-refractivity contribution in [1.29, 1.82) is 0 Å². The lowest BCUT2D eigenvalue weighted by Crippen LogP contribution is -2.18.